The van der Waals surface area contributed by atoms with Gasteiger partial charge in [0.1, 0.15) is 24.3 Å². The number of hydrogen-bond donors (Lipinski definition) is 2. The van der Waals surface area contributed by atoms with Crippen molar-refractivity contribution in [2.75, 3.05) is 5.32 Å². The number of benzene rings is 1. The highest BCUT2D eigenvalue weighted by Gasteiger charge is 2.39. The topological polar surface area (TPSA) is 172 Å². The maximum absolute atomic E-state index is 13.1. The highest BCUT2D eigenvalue weighted by molar-refractivity contribution is 6.30. The molecule has 0 aliphatic carbocycles. The number of carbonyl (C=O) groups excluding carboxylic acids is 1. The number of nitrogens with zero attached hydrogens (tertiary/aromatic N) is 9. The Morgan fingerprint density at radius 1 is 1.15 bits per heavy atom. The number of alkyl halides is 3. The molecule has 0 unspecified atom stereocenters. The van der Waals surface area contributed by atoms with Crippen LogP contribution in [-0.2, 0) is 13.1 Å². The average molecular weight is 591 g/mol. The molecular formula is C23H18ClF3N10O4. The summed E-state index contributed by atoms with van der Waals surface area (Å²) in [5, 5.41) is 28.2. The summed E-state index contributed by atoms with van der Waals surface area (Å²) in [6.45, 7) is 0.134. The van der Waals surface area contributed by atoms with Crippen molar-refractivity contribution in [2.45, 2.75) is 32.3 Å². The van der Waals surface area contributed by atoms with E-state index in [1.807, 2.05) is 0 Å². The highest BCUT2D eigenvalue weighted by Crippen LogP contribution is 2.24. The Labute approximate surface area is 232 Å². The number of anilines is 1. The lowest BCUT2D eigenvalue weighted by atomic mass is 10.2. The molecule has 5 rings (SSSR count). The number of rotatable bonds is 8. The van der Waals surface area contributed by atoms with E-state index in [4.69, 9.17) is 11.6 Å². The number of carbonyl (C=O) groups is 1. The smallest absolute Gasteiger partial charge is 0.382 e. The molecule has 212 valence electrons. The van der Waals surface area contributed by atoms with E-state index in [0.29, 0.717) is 20.8 Å². The molecule has 0 aliphatic heterocycles. The van der Waals surface area contributed by atoms with Gasteiger partial charge in [0.05, 0.1) is 6.54 Å². The van der Waals surface area contributed by atoms with Crippen LogP contribution in [0.4, 0.5) is 19.0 Å². The van der Waals surface area contributed by atoms with Gasteiger partial charge in [-0.25, -0.2) is 28.8 Å². The summed E-state index contributed by atoms with van der Waals surface area (Å²) in [5.41, 5.74) is -0.0923. The molecular weight excluding hydrogens is 573 g/mol. The molecule has 0 bridgehead atoms. The highest BCUT2D eigenvalue weighted by atomic mass is 35.5. The molecule has 0 fully saturated rings. The summed E-state index contributed by atoms with van der Waals surface area (Å²) < 4.78 is 46.7. The second-order valence-electron chi connectivity index (χ2n) is 8.57. The fourth-order valence-corrected chi connectivity index (χ4v) is 3.83. The van der Waals surface area contributed by atoms with Gasteiger partial charge in [-0.15, -0.1) is 10.2 Å². The van der Waals surface area contributed by atoms with E-state index in [0.717, 1.165) is 4.68 Å². The van der Waals surface area contributed by atoms with Crippen LogP contribution in [-0.4, -0.2) is 67.7 Å². The Hall–Kier alpha value is -4.90. The van der Waals surface area contributed by atoms with Crippen LogP contribution >= 0.6 is 11.6 Å². The molecule has 1 amide bonds. The van der Waals surface area contributed by atoms with Gasteiger partial charge in [-0.3, -0.25) is 9.36 Å². The third-order valence-corrected chi connectivity index (χ3v) is 5.97. The molecule has 18 heteroatoms. The number of aliphatic hydroxyl groups excluding tert-OH is 1. The summed E-state index contributed by atoms with van der Waals surface area (Å²) in [5.74, 6) is -0.585. The summed E-state index contributed by atoms with van der Waals surface area (Å²) in [7, 11) is 0. The largest absolute Gasteiger partial charge is 0.416 e. The lowest BCUT2D eigenvalue weighted by Gasteiger charge is -2.15. The van der Waals surface area contributed by atoms with Crippen LogP contribution in [0.25, 0.3) is 17.1 Å². The van der Waals surface area contributed by atoms with Gasteiger partial charge in [-0.2, -0.15) is 13.2 Å². The number of aromatic nitrogens is 9. The zero-order valence-corrected chi connectivity index (χ0v) is 21.6. The number of hydrogen-bond acceptors (Lipinski definition) is 10. The monoisotopic (exact) mass is 590 g/mol. The van der Waals surface area contributed by atoms with Gasteiger partial charge in [-0.05, 0) is 48.5 Å². The van der Waals surface area contributed by atoms with Crippen molar-refractivity contribution in [1.82, 2.24) is 44.4 Å². The van der Waals surface area contributed by atoms with E-state index in [1.54, 1.807) is 19.1 Å². The molecule has 0 radical (unpaired) electrons. The second-order valence-corrected chi connectivity index (χ2v) is 9.00. The molecule has 0 saturated carbocycles. The van der Waals surface area contributed by atoms with Gasteiger partial charge in [-0.1, -0.05) is 16.8 Å². The lowest BCUT2D eigenvalue weighted by Crippen LogP contribution is -2.37. The fourth-order valence-electron chi connectivity index (χ4n) is 3.70. The van der Waals surface area contributed by atoms with Crippen LogP contribution in [0, 0.1) is 6.92 Å². The molecule has 4 aromatic heterocycles. The van der Waals surface area contributed by atoms with E-state index in [2.05, 4.69) is 40.4 Å². The average Bonchev–Trinajstić information content (AvgIpc) is 3.65. The van der Waals surface area contributed by atoms with Gasteiger partial charge in [0.25, 0.3) is 5.91 Å². The third kappa shape index (κ3) is 5.85. The zero-order valence-electron chi connectivity index (χ0n) is 20.8. The van der Waals surface area contributed by atoms with Crippen molar-refractivity contribution in [3.8, 4) is 17.1 Å². The van der Waals surface area contributed by atoms with Crippen molar-refractivity contribution in [1.29, 1.82) is 0 Å². The maximum atomic E-state index is 13.1. The minimum absolute atomic E-state index is 0.0389. The first-order valence-corrected chi connectivity index (χ1v) is 12.0. The van der Waals surface area contributed by atoms with Crippen LogP contribution in [0.15, 0.2) is 58.3 Å². The van der Waals surface area contributed by atoms with E-state index in [9.17, 15) is 27.9 Å². The molecule has 2 N–H and O–H groups in total. The Balaban J connectivity index is 1.44. The minimum atomic E-state index is -4.96. The molecule has 1 aromatic carbocycles. The van der Waals surface area contributed by atoms with Crippen LogP contribution < -0.4 is 11.0 Å². The van der Waals surface area contributed by atoms with Crippen LogP contribution in [0.5, 0.6) is 0 Å². The molecule has 41 heavy (non-hydrogen) atoms. The van der Waals surface area contributed by atoms with E-state index < -0.39 is 30.4 Å². The summed E-state index contributed by atoms with van der Waals surface area (Å²) in [6, 6.07) is 9.11. The van der Waals surface area contributed by atoms with Crippen LogP contribution in [0.3, 0.4) is 0 Å². The Kier molecular flexibility index (Phi) is 7.38. The molecule has 0 aliphatic rings. The zero-order chi connectivity index (χ0) is 29.3. The number of halogens is 4. The number of pyridine rings is 1. The first-order chi connectivity index (χ1) is 19.5. The third-order valence-electron chi connectivity index (χ3n) is 5.72. The predicted molar refractivity (Wildman–Crippen MR) is 134 cm³/mol. The Morgan fingerprint density at radius 3 is 2.59 bits per heavy atom. The van der Waals surface area contributed by atoms with E-state index in [1.165, 1.54) is 41.5 Å². The van der Waals surface area contributed by atoms with E-state index in [-0.39, 0.29) is 35.4 Å². The van der Waals surface area contributed by atoms with Gasteiger partial charge in [0, 0.05) is 16.8 Å². The first-order valence-electron chi connectivity index (χ1n) is 11.7. The van der Waals surface area contributed by atoms with Gasteiger partial charge >= 0.3 is 11.9 Å². The van der Waals surface area contributed by atoms with Crippen LogP contribution in [0.2, 0.25) is 5.02 Å². The quantitative estimate of drug-likeness (QED) is 0.273. The second kappa shape index (κ2) is 10.9. The van der Waals surface area contributed by atoms with Crippen LogP contribution in [0.1, 0.15) is 22.0 Å². The van der Waals surface area contributed by atoms with Crippen molar-refractivity contribution >= 4 is 23.3 Å². The van der Waals surface area contributed by atoms with Gasteiger partial charge in [0.15, 0.2) is 29.3 Å². The summed E-state index contributed by atoms with van der Waals surface area (Å²) >= 11 is 5.91. The number of amides is 1. The van der Waals surface area contributed by atoms with Gasteiger partial charge in [0.2, 0.25) is 0 Å². The number of aliphatic hydroxyl groups is 1. The predicted octanol–water partition coefficient (Wildman–Crippen LogP) is 2.26. The summed E-state index contributed by atoms with van der Waals surface area (Å²) in [6.07, 6.45) is -5.04. The molecule has 14 nitrogen and oxygen atoms in total. The Morgan fingerprint density at radius 2 is 1.90 bits per heavy atom. The minimum Gasteiger partial charge on any atom is -0.382 e. The molecule has 5 aromatic rings. The number of aryl methyl sites for hydroxylation is 1. The molecule has 4 heterocycles. The van der Waals surface area contributed by atoms with Gasteiger partial charge < -0.3 is 10.4 Å². The normalized spacial score (nSPS) is 12.4. The lowest BCUT2D eigenvalue weighted by molar-refractivity contribution is -0.207. The maximum Gasteiger partial charge on any atom is 0.416 e. The SMILES string of the molecule is Cc1nonc1C(=O)Nc1ncccc1-n1cnc(Cn2nc(-c3ccc(Cl)cc3)n(C[C@H](O)C(F)(F)F)c2=O)n1. The molecule has 0 saturated heterocycles. The van der Waals surface area contributed by atoms with E-state index >= 15 is 0 Å². The molecule has 0 spiro atoms. The van der Waals surface area contributed by atoms with Crippen molar-refractivity contribution < 1.29 is 27.7 Å². The fraction of sp³-hybridized carbons (Fsp3) is 0.217. The standard InChI is InChI=1S/C23H18ClF3N10O4/c1-12-18(34-41-33-12)21(39)30-19-15(3-2-8-28-19)37-11-29-17(31-37)10-36-22(40)35(9-16(38)23(25,26)27)20(32-36)13-4-6-14(24)7-5-13/h2-8,11,16,38H,9-10H2,1H3,(H,28,30,39)/t16-/m0/s1. The van der Waals surface area contributed by atoms with Crippen molar-refractivity contribution in [3.63, 3.8) is 0 Å². The van der Waals surface area contributed by atoms with Crippen molar-refractivity contribution in [3.05, 3.63) is 81.6 Å². The first kappa shape index (κ1) is 27.7. The number of nitrogens with one attached hydrogen (secondary N) is 1. The summed E-state index contributed by atoms with van der Waals surface area (Å²) in [4.78, 5) is 34.0. The Bertz CT molecular complexity index is 1760. The van der Waals surface area contributed by atoms with Crippen molar-refractivity contribution in [2.24, 2.45) is 0 Å². The molecule has 1 atom stereocenters.